The summed E-state index contributed by atoms with van der Waals surface area (Å²) in [5.74, 6) is 0.340. The number of hydrogen-bond acceptors (Lipinski definition) is 6. The molecule has 3 rings (SSSR count). The molecule has 7 heteroatoms. The summed E-state index contributed by atoms with van der Waals surface area (Å²) in [5.41, 5.74) is 2.24. The average Bonchev–Trinajstić information content (AvgIpc) is 3.05. The number of aromatic hydroxyl groups is 1. The van der Waals surface area contributed by atoms with Gasteiger partial charge in [0, 0.05) is 25.8 Å². The lowest BCUT2D eigenvalue weighted by molar-refractivity contribution is -0.122. The van der Waals surface area contributed by atoms with E-state index in [-0.39, 0.29) is 11.7 Å². The van der Waals surface area contributed by atoms with E-state index in [0.29, 0.717) is 47.4 Å². The second-order valence-electron chi connectivity index (χ2n) is 6.87. The quantitative estimate of drug-likeness (QED) is 0.347. The summed E-state index contributed by atoms with van der Waals surface area (Å²) in [7, 11) is 3.14. The summed E-state index contributed by atoms with van der Waals surface area (Å²) in [6, 6.07) is 13.1. The number of rotatable bonds is 9. The van der Waals surface area contributed by atoms with Crippen LogP contribution >= 0.6 is 11.8 Å². The molecule has 1 amide bonds. The van der Waals surface area contributed by atoms with Gasteiger partial charge >= 0.3 is 0 Å². The molecular weight excluding hydrogens is 412 g/mol. The predicted molar refractivity (Wildman–Crippen MR) is 126 cm³/mol. The van der Waals surface area contributed by atoms with Crippen LogP contribution in [0.2, 0.25) is 0 Å². The van der Waals surface area contributed by atoms with Crippen LogP contribution in [0.25, 0.3) is 6.08 Å². The van der Waals surface area contributed by atoms with Gasteiger partial charge in [0.1, 0.15) is 0 Å². The van der Waals surface area contributed by atoms with Crippen molar-refractivity contribution in [3.8, 4) is 11.5 Å². The number of carbonyl (C=O) groups excluding carboxylic acids is 1. The molecule has 1 fully saturated rings. The summed E-state index contributed by atoms with van der Waals surface area (Å²) >= 11 is 1.33. The maximum Gasteiger partial charge on any atom is 0.266 e. The first kappa shape index (κ1) is 22.7. The Kier molecular flexibility index (Phi) is 7.92. The van der Waals surface area contributed by atoms with Crippen LogP contribution in [0.3, 0.4) is 0 Å². The van der Waals surface area contributed by atoms with E-state index in [9.17, 15) is 9.90 Å². The van der Waals surface area contributed by atoms with Crippen molar-refractivity contribution < 1.29 is 19.4 Å². The number of hydrogen-bond donors (Lipinski definition) is 1. The molecule has 0 radical (unpaired) electrons. The van der Waals surface area contributed by atoms with E-state index in [2.05, 4.69) is 11.6 Å². The zero-order valence-electron chi connectivity index (χ0n) is 17.7. The number of ether oxygens (including phenoxy) is 2. The van der Waals surface area contributed by atoms with Crippen LogP contribution in [-0.2, 0) is 16.0 Å². The Bertz CT molecular complexity index is 1000. The number of methoxy groups -OCH3 is 2. The maximum atomic E-state index is 13.2. The van der Waals surface area contributed by atoms with Gasteiger partial charge in [0.05, 0.1) is 17.7 Å². The lowest BCUT2D eigenvalue weighted by atomic mass is 10.1. The lowest BCUT2D eigenvalue weighted by Gasteiger charge is -2.15. The fourth-order valence-electron chi connectivity index (χ4n) is 3.16. The fourth-order valence-corrected chi connectivity index (χ4v) is 4.18. The van der Waals surface area contributed by atoms with Crippen molar-refractivity contribution in [1.29, 1.82) is 0 Å². The topological polar surface area (TPSA) is 71.4 Å². The third-order valence-corrected chi connectivity index (χ3v) is 5.66. The smallest absolute Gasteiger partial charge is 0.266 e. The molecule has 1 aliphatic heterocycles. The van der Waals surface area contributed by atoms with Gasteiger partial charge in [-0.15, -0.1) is 6.58 Å². The Morgan fingerprint density at radius 3 is 2.68 bits per heavy atom. The summed E-state index contributed by atoms with van der Waals surface area (Å²) in [6.45, 7) is 4.81. The molecule has 0 bridgehead atoms. The highest BCUT2D eigenvalue weighted by molar-refractivity contribution is 8.18. The Hall–Kier alpha value is -3.03. The van der Waals surface area contributed by atoms with Gasteiger partial charge in [-0.25, -0.2) is 4.99 Å². The normalized spacial score (nSPS) is 16.3. The third kappa shape index (κ3) is 5.57. The Morgan fingerprint density at radius 2 is 2.00 bits per heavy atom. The summed E-state index contributed by atoms with van der Waals surface area (Å²) in [5, 5.41) is 11.0. The van der Waals surface area contributed by atoms with Crippen molar-refractivity contribution in [2.24, 2.45) is 4.99 Å². The van der Waals surface area contributed by atoms with Gasteiger partial charge in [-0.3, -0.25) is 9.69 Å². The SMILES string of the molecule is C=CCc1cc(C=C2SC(=Nc3ccccc3)N(CCCOC)C2=O)cc(OC)c1O. The van der Waals surface area contributed by atoms with Gasteiger partial charge in [0.15, 0.2) is 16.7 Å². The van der Waals surface area contributed by atoms with Gasteiger partial charge < -0.3 is 14.6 Å². The van der Waals surface area contributed by atoms with Crippen molar-refractivity contribution in [3.63, 3.8) is 0 Å². The van der Waals surface area contributed by atoms with Gasteiger partial charge in [0.25, 0.3) is 5.91 Å². The van der Waals surface area contributed by atoms with Gasteiger partial charge in [-0.05, 0) is 60.5 Å². The van der Waals surface area contributed by atoms with Crippen LogP contribution in [-0.4, -0.2) is 48.5 Å². The van der Waals surface area contributed by atoms with E-state index < -0.39 is 0 Å². The second kappa shape index (κ2) is 10.8. The molecule has 2 aromatic carbocycles. The Labute approximate surface area is 186 Å². The van der Waals surface area contributed by atoms with E-state index in [1.807, 2.05) is 36.4 Å². The number of phenolic OH excluding ortho intramolecular Hbond substituents is 1. The molecule has 0 aliphatic carbocycles. The molecule has 1 saturated heterocycles. The highest BCUT2D eigenvalue weighted by Crippen LogP contribution is 2.37. The van der Waals surface area contributed by atoms with E-state index >= 15 is 0 Å². The van der Waals surface area contributed by atoms with Crippen molar-refractivity contribution in [1.82, 2.24) is 4.90 Å². The molecule has 6 nitrogen and oxygen atoms in total. The van der Waals surface area contributed by atoms with E-state index in [4.69, 9.17) is 9.47 Å². The van der Waals surface area contributed by atoms with Crippen LogP contribution in [0, 0.1) is 0 Å². The van der Waals surface area contributed by atoms with E-state index in [1.54, 1.807) is 30.2 Å². The number of amidine groups is 1. The number of amides is 1. The lowest BCUT2D eigenvalue weighted by Crippen LogP contribution is -2.30. The zero-order chi connectivity index (χ0) is 22.2. The maximum absolute atomic E-state index is 13.2. The molecule has 0 aromatic heterocycles. The first-order valence-electron chi connectivity index (χ1n) is 9.92. The molecule has 1 aliphatic rings. The van der Waals surface area contributed by atoms with Crippen LogP contribution < -0.4 is 4.74 Å². The highest BCUT2D eigenvalue weighted by atomic mass is 32.2. The van der Waals surface area contributed by atoms with Gasteiger partial charge in [-0.1, -0.05) is 24.3 Å². The first-order valence-corrected chi connectivity index (χ1v) is 10.7. The van der Waals surface area contributed by atoms with Crippen molar-refractivity contribution in [3.05, 3.63) is 71.2 Å². The first-order chi connectivity index (χ1) is 15.1. The molecular formula is C24H26N2O4S. The van der Waals surface area contributed by atoms with E-state index in [1.165, 1.54) is 18.9 Å². The number of aliphatic imine (C=N–C) groups is 1. The number of carbonyl (C=O) groups is 1. The molecule has 0 unspecified atom stereocenters. The molecule has 0 saturated carbocycles. The van der Waals surface area contributed by atoms with Crippen LogP contribution in [0.5, 0.6) is 11.5 Å². The molecule has 162 valence electrons. The van der Waals surface area contributed by atoms with Crippen LogP contribution in [0.1, 0.15) is 17.5 Å². The second-order valence-corrected chi connectivity index (χ2v) is 7.88. The predicted octanol–water partition coefficient (Wildman–Crippen LogP) is 4.77. The highest BCUT2D eigenvalue weighted by Gasteiger charge is 2.33. The standard InChI is InChI=1S/C24H26N2O4S/c1-4-9-18-14-17(15-20(30-3)22(18)27)16-21-23(28)26(12-8-13-29-2)24(31-21)25-19-10-6-5-7-11-19/h4-7,10-11,14-16,27H,1,8-9,12-13H2,2-3H3. The fraction of sp³-hybridized carbons (Fsp3) is 0.250. The molecule has 0 spiro atoms. The number of benzene rings is 2. The number of para-hydroxylation sites is 1. The number of nitrogens with zero attached hydrogens (tertiary/aromatic N) is 2. The summed E-state index contributed by atoms with van der Waals surface area (Å²) in [6.07, 6.45) is 4.71. The minimum absolute atomic E-state index is 0.0856. The van der Waals surface area contributed by atoms with Crippen molar-refractivity contribution in [2.45, 2.75) is 12.8 Å². The van der Waals surface area contributed by atoms with Crippen molar-refractivity contribution in [2.75, 3.05) is 27.4 Å². The van der Waals surface area contributed by atoms with E-state index in [0.717, 1.165) is 11.3 Å². The van der Waals surface area contributed by atoms with Gasteiger partial charge in [-0.2, -0.15) is 0 Å². The number of allylic oxidation sites excluding steroid dienone is 1. The third-order valence-electron chi connectivity index (χ3n) is 4.66. The largest absolute Gasteiger partial charge is 0.504 e. The summed E-state index contributed by atoms with van der Waals surface area (Å²) in [4.78, 5) is 20.1. The number of phenols is 1. The molecule has 1 heterocycles. The van der Waals surface area contributed by atoms with Crippen LogP contribution in [0.4, 0.5) is 5.69 Å². The summed E-state index contributed by atoms with van der Waals surface area (Å²) < 4.78 is 10.4. The number of thioether (sulfide) groups is 1. The Balaban J connectivity index is 1.96. The van der Waals surface area contributed by atoms with Crippen molar-refractivity contribution >= 4 is 34.6 Å². The van der Waals surface area contributed by atoms with Crippen LogP contribution in [0.15, 0.2) is 65.0 Å². The molecule has 2 aromatic rings. The Morgan fingerprint density at radius 1 is 1.23 bits per heavy atom. The monoisotopic (exact) mass is 438 g/mol. The molecule has 0 atom stereocenters. The zero-order valence-corrected chi connectivity index (χ0v) is 18.5. The minimum Gasteiger partial charge on any atom is -0.504 e. The molecule has 1 N–H and O–H groups in total. The average molecular weight is 439 g/mol. The minimum atomic E-state index is -0.104. The molecule has 31 heavy (non-hydrogen) atoms. The van der Waals surface area contributed by atoms with Gasteiger partial charge in [0.2, 0.25) is 0 Å².